The number of rotatable bonds is 3. The van der Waals surface area contributed by atoms with Gasteiger partial charge in [0.2, 0.25) is 11.3 Å². The van der Waals surface area contributed by atoms with Crippen LogP contribution in [0.5, 0.6) is 5.88 Å². The average Bonchev–Trinajstić information content (AvgIpc) is 2.88. The minimum absolute atomic E-state index is 0.114. The minimum Gasteiger partial charge on any atom is -0.482 e. The summed E-state index contributed by atoms with van der Waals surface area (Å²) >= 11 is 0. The smallest absolute Gasteiger partial charge is 0.217 e. The molecule has 0 spiro atoms. The van der Waals surface area contributed by atoms with Crippen molar-refractivity contribution < 1.29 is 9.53 Å². The molecule has 2 aromatic heterocycles. The number of carbonyl (C=O) groups is 1. The number of hydrogen-bond donors (Lipinski definition) is 3. The predicted molar refractivity (Wildman–Crippen MR) is 72.1 cm³/mol. The number of H-pyrrole nitrogens is 2. The molecule has 2 heterocycles. The van der Waals surface area contributed by atoms with Crippen molar-refractivity contribution in [3.8, 4) is 5.88 Å². The number of amides is 1. The van der Waals surface area contributed by atoms with Crippen molar-refractivity contribution in [3.05, 3.63) is 22.0 Å². The van der Waals surface area contributed by atoms with Crippen molar-refractivity contribution in [3.63, 3.8) is 0 Å². The van der Waals surface area contributed by atoms with Crippen molar-refractivity contribution in [2.45, 2.75) is 27.3 Å². The van der Waals surface area contributed by atoms with Crippen molar-refractivity contribution in [2.75, 3.05) is 7.11 Å². The zero-order chi connectivity index (χ0) is 14.4. The molecule has 0 radical (unpaired) electrons. The van der Waals surface area contributed by atoms with Crippen LogP contribution in [0, 0.1) is 0 Å². The van der Waals surface area contributed by atoms with Crippen LogP contribution in [-0.4, -0.2) is 28.2 Å². The summed E-state index contributed by atoms with van der Waals surface area (Å²) in [6.07, 6.45) is 1.50. The number of aromatic nitrogens is 3. The average molecular weight is 266 g/mol. The van der Waals surface area contributed by atoms with Gasteiger partial charge in [0.05, 0.1) is 30.9 Å². The summed E-state index contributed by atoms with van der Waals surface area (Å²) < 4.78 is 5.09. The van der Waals surface area contributed by atoms with E-state index in [-0.39, 0.29) is 17.9 Å². The molecule has 3 N–H and O–H groups in total. The second-order valence-electron chi connectivity index (χ2n) is 3.53. The largest absolute Gasteiger partial charge is 0.482 e. The van der Waals surface area contributed by atoms with Gasteiger partial charge in [0.1, 0.15) is 5.52 Å². The Balaban J connectivity index is 0.000000861. The topological polar surface area (TPSA) is 99.9 Å². The van der Waals surface area contributed by atoms with Crippen LogP contribution in [0.2, 0.25) is 0 Å². The fourth-order valence-electron chi connectivity index (χ4n) is 1.55. The number of fused-ring (bicyclic) bond motifs is 1. The number of aromatic amines is 2. The fraction of sp³-hybridized carbons (Fsp3) is 0.417. The fourth-order valence-corrected chi connectivity index (χ4v) is 1.55. The minimum atomic E-state index is -0.234. The van der Waals surface area contributed by atoms with Crippen LogP contribution in [-0.2, 0) is 11.3 Å². The highest BCUT2D eigenvalue weighted by Gasteiger charge is 2.13. The Morgan fingerprint density at radius 1 is 1.47 bits per heavy atom. The van der Waals surface area contributed by atoms with Crippen molar-refractivity contribution in [1.82, 2.24) is 20.5 Å². The second kappa shape index (κ2) is 6.58. The maximum atomic E-state index is 12.1. The third-order valence-electron chi connectivity index (χ3n) is 2.38. The summed E-state index contributed by atoms with van der Waals surface area (Å²) in [5, 5.41) is 8.94. The van der Waals surface area contributed by atoms with E-state index in [1.165, 1.54) is 20.2 Å². The number of pyridine rings is 1. The molecule has 0 atom stereocenters. The Labute approximate surface area is 110 Å². The number of carbonyl (C=O) groups excluding carboxylic acids is 1. The first-order valence-corrected chi connectivity index (χ1v) is 6.00. The molecular weight excluding hydrogens is 248 g/mol. The first kappa shape index (κ1) is 14.7. The van der Waals surface area contributed by atoms with Gasteiger partial charge in [0, 0.05) is 6.92 Å². The predicted octanol–water partition coefficient (Wildman–Crippen LogP) is 0.922. The van der Waals surface area contributed by atoms with Gasteiger partial charge in [-0.25, -0.2) is 0 Å². The summed E-state index contributed by atoms with van der Waals surface area (Å²) in [6.45, 7) is 5.50. The van der Waals surface area contributed by atoms with Gasteiger partial charge in [-0.3, -0.25) is 14.7 Å². The lowest BCUT2D eigenvalue weighted by Crippen LogP contribution is -2.24. The molecule has 1 amide bonds. The Morgan fingerprint density at radius 2 is 2.16 bits per heavy atom. The number of ether oxygens (including phenoxy) is 1. The highest BCUT2D eigenvalue weighted by molar-refractivity contribution is 5.76. The van der Waals surface area contributed by atoms with Crippen molar-refractivity contribution in [1.29, 1.82) is 0 Å². The molecular formula is C12H18N4O3. The number of hydrogen-bond acceptors (Lipinski definition) is 4. The molecule has 2 rings (SSSR count). The van der Waals surface area contributed by atoms with Crippen LogP contribution < -0.4 is 15.5 Å². The van der Waals surface area contributed by atoms with E-state index >= 15 is 0 Å². The van der Waals surface area contributed by atoms with Gasteiger partial charge < -0.3 is 15.0 Å². The van der Waals surface area contributed by atoms with E-state index < -0.39 is 0 Å². The van der Waals surface area contributed by atoms with Gasteiger partial charge in [-0.15, -0.1) is 0 Å². The summed E-state index contributed by atoms with van der Waals surface area (Å²) in [5.74, 6) is 0.119. The van der Waals surface area contributed by atoms with Crippen LogP contribution in [0.1, 0.15) is 26.3 Å². The van der Waals surface area contributed by atoms with Gasteiger partial charge in [0.15, 0.2) is 5.88 Å². The number of methoxy groups -OCH3 is 1. The van der Waals surface area contributed by atoms with Gasteiger partial charge in [-0.2, -0.15) is 5.10 Å². The second-order valence-corrected chi connectivity index (χ2v) is 3.53. The molecule has 0 aliphatic carbocycles. The highest BCUT2D eigenvalue weighted by atomic mass is 16.5. The summed E-state index contributed by atoms with van der Waals surface area (Å²) in [6, 6.07) is 0. The van der Waals surface area contributed by atoms with E-state index in [4.69, 9.17) is 4.74 Å². The Hall–Kier alpha value is -2.31. The standard InChI is InChI=1S/C10H12N4O3.C2H6/c1-5(15)11-3-6-9(16)8-7(4-12-14-8)13-10(6)17-2;1-2/h4H,3H2,1-2H3,(H,11,15)(H,12,14)(H,13,16);1-2H3. The van der Waals surface area contributed by atoms with Crippen molar-refractivity contribution >= 4 is 16.9 Å². The monoisotopic (exact) mass is 266 g/mol. The molecule has 0 fully saturated rings. The SMILES string of the molecule is CC.COc1[nH]c2cn[nH]c2c(=O)c1CNC(C)=O. The van der Waals surface area contributed by atoms with Crippen LogP contribution in [0.25, 0.3) is 11.0 Å². The maximum absolute atomic E-state index is 12.1. The summed E-state index contributed by atoms with van der Waals surface area (Å²) in [4.78, 5) is 25.8. The molecule has 7 heteroatoms. The third-order valence-corrected chi connectivity index (χ3v) is 2.38. The summed E-state index contributed by atoms with van der Waals surface area (Å²) in [7, 11) is 1.45. The number of nitrogens with zero attached hydrogens (tertiary/aromatic N) is 1. The van der Waals surface area contributed by atoms with Crippen LogP contribution in [0.4, 0.5) is 0 Å². The van der Waals surface area contributed by atoms with E-state index in [2.05, 4.69) is 20.5 Å². The molecule has 0 aliphatic rings. The Bertz CT molecular complexity index is 615. The number of nitrogens with one attached hydrogen (secondary N) is 3. The zero-order valence-corrected chi connectivity index (χ0v) is 11.5. The van der Waals surface area contributed by atoms with Crippen molar-refractivity contribution in [2.24, 2.45) is 0 Å². The molecule has 0 saturated heterocycles. The molecule has 19 heavy (non-hydrogen) atoms. The van der Waals surface area contributed by atoms with E-state index in [1.54, 1.807) is 0 Å². The van der Waals surface area contributed by atoms with E-state index in [0.29, 0.717) is 22.5 Å². The molecule has 2 aromatic rings. The lowest BCUT2D eigenvalue weighted by Gasteiger charge is -2.08. The van der Waals surface area contributed by atoms with Gasteiger partial charge in [-0.05, 0) is 0 Å². The van der Waals surface area contributed by atoms with Gasteiger partial charge >= 0.3 is 0 Å². The normalized spacial score (nSPS) is 9.68. The Morgan fingerprint density at radius 3 is 2.74 bits per heavy atom. The maximum Gasteiger partial charge on any atom is 0.217 e. The van der Waals surface area contributed by atoms with E-state index in [1.807, 2.05) is 13.8 Å². The van der Waals surface area contributed by atoms with Crippen LogP contribution in [0.3, 0.4) is 0 Å². The molecule has 7 nitrogen and oxygen atoms in total. The van der Waals surface area contributed by atoms with Gasteiger partial charge in [-0.1, -0.05) is 13.8 Å². The zero-order valence-electron chi connectivity index (χ0n) is 11.5. The Kier molecular flexibility index (Phi) is 5.11. The molecule has 104 valence electrons. The first-order chi connectivity index (χ1) is 9.13. The molecule has 0 bridgehead atoms. The van der Waals surface area contributed by atoms with Gasteiger partial charge in [0.25, 0.3) is 0 Å². The molecule has 0 aliphatic heterocycles. The third kappa shape index (κ3) is 3.12. The molecule has 0 saturated carbocycles. The lowest BCUT2D eigenvalue weighted by atomic mass is 10.2. The van der Waals surface area contributed by atoms with Crippen LogP contribution in [0.15, 0.2) is 11.0 Å². The molecule has 0 unspecified atom stereocenters. The van der Waals surface area contributed by atoms with E-state index in [0.717, 1.165) is 0 Å². The molecule has 0 aromatic carbocycles. The first-order valence-electron chi connectivity index (χ1n) is 6.00. The van der Waals surface area contributed by atoms with Crippen LogP contribution >= 0.6 is 0 Å². The highest BCUT2D eigenvalue weighted by Crippen LogP contribution is 2.15. The lowest BCUT2D eigenvalue weighted by molar-refractivity contribution is -0.119. The van der Waals surface area contributed by atoms with E-state index in [9.17, 15) is 9.59 Å². The summed E-state index contributed by atoms with van der Waals surface area (Å²) in [5.41, 5.74) is 1.06. The quantitative estimate of drug-likeness (QED) is 0.769.